The third-order valence-electron chi connectivity index (χ3n) is 10.2. The Morgan fingerprint density at radius 3 is 1.81 bits per heavy atom. The first-order valence-electron chi connectivity index (χ1n) is 21.1. The summed E-state index contributed by atoms with van der Waals surface area (Å²) >= 11 is 3.39. The van der Waals surface area contributed by atoms with E-state index in [0.717, 1.165) is 24.3 Å². The molecule has 1 unspecified atom stereocenters. The van der Waals surface area contributed by atoms with Crippen LogP contribution >= 0.6 is 12.9 Å². The van der Waals surface area contributed by atoms with E-state index in [0.29, 0.717) is 27.3 Å². The predicted octanol–water partition coefficient (Wildman–Crippen LogP) is 9.88. The molecule has 9 rings (SSSR count). The summed E-state index contributed by atoms with van der Waals surface area (Å²) in [6, 6.07) is 23.7. The molecule has 0 spiro atoms. The Morgan fingerprint density at radius 1 is 0.702 bits per heavy atom. The first-order chi connectivity index (χ1) is 38.4. The summed E-state index contributed by atoms with van der Waals surface area (Å²) in [4.78, 5) is 35.3. The van der Waals surface area contributed by atoms with Crippen molar-refractivity contribution in [1.82, 2.24) is 30.1 Å². The van der Waals surface area contributed by atoms with Crippen LogP contribution in [0.1, 0.15) is 21.9 Å². The predicted molar refractivity (Wildman–Crippen MR) is 292 cm³/mol. The molecule has 0 saturated heterocycles. The van der Waals surface area contributed by atoms with Crippen molar-refractivity contribution in [3.05, 3.63) is 146 Å². The van der Waals surface area contributed by atoms with Crippen molar-refractivity contribution in [3.8, 4) is 35.1 Å². The molecule has 0 fully saturated rings. The number of carboxylic acids is 1. The van der Waals surface area contributed by atoms with Crippen LogP contribution in [0.15, 0.2) is 136 Å². The number of aromatic hydroxyl groups is 3. The molecule has 3 heterocycles. The second-order valence-corrected chi connectivity index (χ2v) is 20.0. The molecule has 1 atom stereocenters. The summed E-state index contributed by atoms with van der Waals surface area (Å²) in [6.07, 6.45) is 0. The number of phenols is 3. The second-order valence-electron chi connectivity index (χ2n) is 15.3. The van der Waals surface area contributed by atoms with Crippen molar-refractivity contribution >= 4 is 134 Å². The number of nitriles is 2. The number of thiol groups is 1. The minimum absolute atomic E-state index is 0. The molecule has 37 heteroatoms. The van der Waals surface area contributed by atoms with Crippen LogP contribution in [0, 0.1) is 50.7 Å². The Bertz CT molecular complexity index is 4600. The SMILES string of the molecule is C=S(=O)(O)c1cc2ccc(S(=O)(=O)O)cc2c(N=Nc2n[nH]c(C(=O)O)n2)c1O.N#Cc1cc(N=Nc2c(O)ccc3cc(OOOS)ccc23)[n-]c1C#N.[C-]#[N+]c1nc(N=Nc2c(O)ccc3cc(S(=O)(=O)O)ccc23)[n-]c1[N+]#[C-].[CH3-].[CH3-].[Ni]. The number of hydrogen-bond donors (Lipinski definition) is 9. The van der Waals surface area contributed by atoms with Gasteiger partial charge in [-0.3, -0.25) is 29.3 Å². The number of fused-ring (bicyclic) bond motifs is 3. The molecule has 434 valence electrons. The first kappa shape index (κ1) is 66.2. The number of hydrogen-bond acceptors (Lipinski definition) is 24. The molecule has 0 radical (unpaired) electrons. The average Bonchev–Trinajstić information content (AvgIpc) is 1.74. The fraction of sp³-hybridized carbons (Fsp3) is 0. The van der Waals surface area contributed by atoms with Crippen LogP contribution in [-0.4, -0.2) is 87.1 Å². The number of rotatable bonds is 13. The maximum absolute atomic E-state index is 12.0. The summed E-state index contributed by atoms with van der Waals surface area (Å²) in [7, 11) is -12.9. The van der Waals surface area contributed by atoms with E-state index in [4.69, 9.17) is 38.2 Å². The molecule has 0 aliphatic rings. The zero-order valence-electron chi connectivity index (χ0n) is 41.9. The number of imidazole rings is 1. The number of nitrogens with one attached hydrogen (secondary N) is 1. The summed E-state index contributed by atoms with van der Waals surface area (Å²) in [5.41, 5.74) is -0.160. The molecule has 0 aliphatic heterocycles. The van der Waals surface area contributed by atoms with E-state index in [1.807, 2.05) is 6.07 Å². The molecule has 0 bridgehead atoms. The van der Waals surface area contributed by atoms with Gasteiger partial charge in [0.15, 0.2) is 11.5 Å². The number of benzene rings is 6. The largest absolute Gasteiger partial charge is 0.562 e. The average molecular weight is 1260 g/mol. The Balaban J connectivity index is 0.000000266. The van der Waals surface area contributed by atoms with Gasteiger partial charge in [-0.15, -0.1) is 29.9 Å². The van der Waals surface area contributed by atoms with Crippen molar-refractivity contribution in [2.45, 2.75) is 14.7 Å². The van der Waals surface area contributed by atoms with Gasteiger partial charge in [-0.1, -0.05) is 30.8 Å². The van der Waals surface area contributed by atoms with Crippen molar-refractivity contribution in [2.75, 3.05) is 0 Å². The van der Waals surface area contributed by atoms with Crippen molar-refractivity contribution in [1.29, 1.82) is 10.5 Å². The van der Waals surface area contributed by atoms with Gasteiger partial charge < -0.3 is 64.5 Å². The van der Waals surface area contributed by atoms with E-state index < -0.39 is 69.0 Å². The van der Waals surface area contributed by atoms with E-state index in [2.05, 4.69) is 98.7 Å². The van der Waals surface area contributed by atoms with Gasteiger partial charge in [0.05, 0.1) is 32.9 Å². The van der Waals surface area contributed by atoms with E-state index in [1.54, 1.807) is 30.3 Å². The maximum Gasteiger partial charge on any atom is 0.373 e. The van der Waals surface area contributed by atoms with Crippen LogP contribution in [0.2, 0.25) is 0 Å². The fourth-order valence-corrected chi connectivity index (χ4v) is 8.44. The van der Waals surface area contributed by atoms with Gasteiger partial charge in [0.1, 0.15) is 55.1 Å². The van der Waals surface area contributed by atoms with E-state index >= 15 is 0 Å². The van der Waals surface area contributed by atoms with Crippen LogP contribution in [0.25, 0.3) is 42.0 Å². The Morgan fingerprint density at radius 2 is 1.27 bits per heavy atom. The third kappa shape index (κ3) is 15.4. The van der Waals surface area contributed by atoms with Gasteiger partial charge in [-0.25, -0.2) is 15.6 Å². The van der Waals surface area contributed by atoms with Gasteiger partial charge >= 0.3 is 5.97 Å². The zero-order valence-corrected chi connectivity index (χ0v) is 46.2. The number of carbonyl (C=O) groups is 1. The Hall–Kier alpha value is -10.3. The Kier molecular flexibility index (Phi) is 21.7. The Labute approximate surface area is 488 Å². The van der Waals surface area contributed by atoms with Gasteiger partial charge in [0.25, 0.3) is 26.2 Å². The minimum Gasteiger partial charge on any atom is -0.562 e. The van der Waals surface area contributed by atoms with E-state index in [-0.39, 0.29) is 105 Å². The number of carboxylic acid groups (broad SMARTS) is 1. The first-order valence-corrected chi connectivity index (χ1v) is 26.0. The second kappa shape index (κ2) is 27.5. The number of aromatic nitrogens is 6. The molecule has 0 aliphatic carbocycles. The standard InChI is InChI=1S/C16H8N5O4S.C15H7N6O4S.C14H11N5O8S2.2CH3.Ni/c17-7-10-6-15(19-13(10)8-18)20-21-16-12-3-2-11(23-24-25-26)5-9(12)1-4-14(16)22;1-16-13-14(17-2)19-15(18-13)21-20-12-10-5-4-9(26(23,24)25)7-8(10)3-6-11(12)22;1-28(23,24)9-4-6-2-3-7(29(25,26)27)5-8(6)10(11(9)20)16-18-14-15-12(13(21)22)17-19-14;;;/h1-6H,(H2-,19,20,21,22,26);3-7H,(H2-,18,19,20,21,22,23,24,25);2-5,20H,1H2,(H,21,22)(H,23,24)(H,15,17,19)(H,25,26,27);2*1H3;/q2*-1;;2*-1;. The normalized spacial score (nSPS) is 11.8. The molecule has 9 aromatic rings. The monoisotopic (exact) mass is 1260 g/mol. The number of phenolic OH excluding ortho intramolecular Hbond substituents is 3. The molecule has 84 heavy (non-hydrogen) atoms. The molecule has 0 amide bonds. The molecular formula is C47H32N16NiO16S4-4. The van der Waals surface area contributed by atoms with Crippen molar-refractivity contribution in [2.24, 2.45) is 30.7 Å². The molecule has 0 saturated carbocycles. The van der Waals surface area contributed by atoms with Crippen LogP contribution in [-0.2, 0) is 55.9 Å². The number of azo groups is 3. The van der Waals surface area contributed by atoms with Crippen LogP contribution in [0.5, 0.6) is 23.0 Å². The molecule has 3 aromatic heterocycles. The number of aromatic carboxylic acids is 1. The van der Waals surface area contributed by atoms with E-state index in [1.165, 1.54) is 42.5 Å². The van der Waals surface area contributed by atoms with Crippen LogP contribution in [0.3, 0.4) is 0 Å². The number of nitrogens with zero attached hydrogens (tertiary/aromatic N) is 15. The third-order valence-corrected chi connectivity index (χ3v) is 13.0. The summed E-state index contributed by atoms with van der Waals surface area (Å²) in [5, 5.41) is 91.8. The van der Waals surface area contributed by atoms with Gasteiger partial charge in [-0.05, 0) is 99.6 Å². The molecular weight excluding hydrogens is 1230 g/mol. The van der Waals surface area contributed by atoms with Gasteiger partial charge in [-0.2, -0.15) is 32.3 Å². The van der Waals surface area contributed by atoms with Crippen molar-refractivity contribution < 1.29 is 90.7 Å². The quantitative estimate of drug-likeness (QED) is 0.00596. The zero-order chi connectivity index (χ0) is 59.0. The molecule has 6 aromatic carbocycles. The van der Waals surface area contributed by atoms with Crippen LogP contribution < -0.4 is 14.9 Å². The van der Waals surface area contributed by atoms with Gasteiger partial charge in [0.2, 0.25) is 11.8 Å². The van der Waals surface area contributed by atoms with Gasteiger partial charge in [0, 0.05) is 45.6 Å². The summed E-state index contributed by atoms with van der Waals surface area (Å²) in [5.74, 6) is -0.662. The van der Waals surface area contributed by atoms with Crippen molar-refractivity contribution in [3.63, 3.8) is 0 Å². The van der Waals surface area contributed by atoms with E-state index in [9.17, 15) is 50.3 Å². The molecule has 32 nitrogen and oxygen atoms in total. The smallest absolute Gasteiger partial charge is 0.373 e. The summed E-state index contributed by atoms with van der Waals surface area (Å²) < 4.78 is 89.4. The fourth-order valence-electron chi connectivity index (χ4n) is 6.68. The number of aromatic amines is 1. The minimum atomic E-state index is -4.60. The summed E-state index contributed by atoms with van der Waals surface area (Å²) in [6.45, 7) is 13.8. The number of H-pyrrole nitrogens is 1. The van der Waals surface area contributed by atoms with Crippen LogP contribution in [0.4, 0.5) is 46.4 Å². The molecule has 8 N–H and O–H groups in total. The maximum atomic E-state index is 12.0. The topological polar surface area (TPSA) is 485 Å².